The molecule has 4 rings (SSSR count). The van der Waals surface area contributed by atoms with Gasteiger partial charge in [0.25, 0.3) is 5.91 Å². The zero-order chi connectivity index (χ0) is 24.1. The van der Waals surface area contributed by atoms with E-state index in [0.29, 0.717) is 23.8 Å². The smallest absolute Gasteiger partial charge is 0.264 e. The van der Waals surface area contributed by atoms with Crippen LogP contribution in [0.25, 0.3) is 0 Å². The van der Waals surface area contributed by atoms with Gasteiger partial charge in [0.2, 0.25) is 5.91 Å². The second kappa shape index (κ2) is 11.1. The first-order chi connectivity index (χ1) is 16.5. The van der Waals surface area contributed by atoms with Gasteiger partial charge in [0.15, 0.2) is 0 Å². The largest absolute Gasteiger partial charge is 0.497 e. The van der Waals surface area contributed by atoms with Crippen molar-refractivity contribution in [3.8, 4) is 11.5 Å². The minimum Gasteiger partial charge on any atom is -0.497 e. The molecule has 0 unspecified atom stereocenters. The molecule has 0 spiro atoms. The third kappa shape index (κ3) is 5.28. The Kier molecular flexibility index (Phi) is 7.90. The molecule has 1 aliphatic heterocycles. The molecule has 2 aromatic heterocycles. The number of rotatable bonds is 9. The van der Waals surface area contributed by atoms with Crippen LogP contribution in [-0.2, 0) is 11.2 Å². The summed E-state index contributed by atoms with van der Waals surface area (Å²) in [6.45, 7) is 5.04. The van der Waals surface area contributed by atoms with Crippen LogP contribution in [0, 0.1) is 0 Å². The number of thiophene rings is 2. The predicted octanol–water partition coefficient (Wildman–Crippen LogP) is 5.26. The van der Waals surface area contributed by atoms with Crippen molar-refractivity contribution in [2.45, 2.75) is 38.8 Å². The van der Waals surface area contributed by atoms with Crippen molar-refractivity contribution >= 4 is 34.5 Å². The summed E-state index contributed by atoms with van der Waals surface area (Å²) in [7, 11) is 1.62. The monoisotopic (exact) mass is 498 g/mol. The highest BCUT2D eigenvalue weighted by Crippen LogP contribution is 2.34. The van der Waals surface area contributed by atoms with E-state index in [2.05, 4.69) is 11.4 Å². The van der Waals surface area contributed by atoms with Gasteiger partial charge >= 0.3 is 0 Å². The second-order valence-electron chi connectivity index (χ2n) is 8.31. The molecule has 3 aromatic rings. The Hall–Kier alpha value is -2.84. The van der Waals surface area contributed by atoms with Crippen LogP contribution in [-0.4, -0.2) is 54.5 Å². The second-order valence-corrected chi connectivity index (χ2v) is 10.3. The highest BCUT2D eigenvalue weighted by atomic mass is 32.1. The van der Waals surface area contributed by atoms with Crippen molar-refractivity contribution in [2.75, 3.05) is 26.8 Å². The number of amides is 2. The van der Waals surface area contributed by atoms with Gasteiger partial charge in [-0.25, -0.2) is 0 Å². The van der Waals surface area contributed by atoms with E-state index in [1.807, 2.05) is 60.5 Å². The summed E-state index contributed by atoms with van der Waals surface area (Å²) in [6, 6.07) is 13.0. The van der Waals surface area contributed by atoms with Crippen LogP contribution < -0.4 is 9.47 Å². The van der Waals surface area contributed by atoms with E-state index in [4.69, 9.17) is 9.47 Å². The summed E-state index contributed by atoms with van der Waals surface area (Å²) in [6.07, 6.45) is 1.60. The van der Waals surface area contributed by atoms with E-state index in [9.17, 15) is 9.59 Å². The number of nitrogens with zero attached hydrogens (tertiary/aromatic N) is 2. The molecule has 0 aliphatic carbocycles. The van der Waals surface area contributed by atoms with Gasteiger partial charge in [-0.15, -0.1) is 22.7 Å². The fraction of sp³-hybridized carbons (Fsp3) is 0.385. The summed E-state index contributed by atoms with van der Waals surface area (Å²) in [4.78, 5) is 32.3. The minimum atomic E-state index is -0.204. The van der Waals surface area contributed by atoms with E-state index in [-0.39, 0.29) is 30.4 Å². The molecule has 1 aromatic carbocycles. The first-order valence-electron chi connectivity index (χ1n) is 11.5. The SMILES string of the molecule is CC[C@@H](C)N(CC(=O)N1CCc2sccc2[C@@H]1COc1cccc(OC)c1)C(=O)c1cccs1. The fourth-order valence-corrected chi connectivity index (χ4v) is 5.77. The molecule has 34 heavy (non-hydrogen) atoms. The number of methoxy groups -OCH3 is 1. The molecular weight excluding hydrogens is 468 g/mol. The summed E-state index contributed by atoms with van der Waals surface area (Å²) in [5.41, 5.74) is 1.13. The number of fused-ring (bicyclic) bond motifs is 1. The quantitative estimate of drug-likeness (QED) is 0.404. The lowest BCUT2D eigenvalue weighted by atomic mass is 10.00. The zero-order valence-corrected chi connectivity index (χ0v) is 21.4. The van der Waals surface area contributed by atoms with E-state index >= 15 is 0 Å². The number of hydrogen-bond acceptors (Lipinski definition) is 6. The summed E-state index contributed by atoms with van der Waals surface area (Å²) >= 11 is 3.13. The van der Waals surface area contributed by atoms with Crippen molar-refractivity contribution in [3.63, 3.8) is 0 Å². The van der Waals surface area contributed by atoms with Gasteiger partial charge in [0.05, 0.1) is 18.0 Å². The molecule has 0 fully saturated rings. The number of carbonyl (C=O) groups excluding carboxylic acids is 2. The third-order valence-electron chi connectivity index (χ3n) is 6.29. The van der Waals surface area contributed by atoms with Gasteiger partial charge in [-0.3, -0.25) is 9.59 Å². The van der Waals surface area contributed by atoms with Gasteiger partial charge in [-0.1, -0.05) is 19.1 Å². The topological polar surface area (TPSA) is 59.1 Å². The van der Waals surface area contributed by atoms with E-state index in [1.54, 1.807) is 23.3 Å². The molecule has 0 saturated heterocycles. The average molecular weight is 499 g/mol. The summed E-state index contributed by atoms with van der Waals surface area (Å²) < 4.78 is 11.4. The lowest BCUT2D eigenvalue weighted by Gasteiger charge is -2.38. The van der Waals surface area contributed by atoms with Crippen molar-refractivity contribution in [1.82, 2.24) is 9.80 Å². The Morgan fingerprint density at radius 1 is 1.15 bits per heavy atom. The number of carbonyl (C=O) groups is 2. The zero-order valence-electron chi connectivity index (χ0n) is 19.7. The van der Waals surface area contributed by atoms with E-state index in [0.717, 1.165) is 24.2 Å². The minimum absolute atomic E-state index is 0.0356. The van der Waals surface area contributed by atoms with Gasteiger partial charge < -0.3 is 19.3 Å². The summed E-state index contributed by atoms with van der Waals surface area (Å²) in [5, 5.41) is 3.96. The maximum absolute atomic E-state index is 13.6. The molecule has 0 bridgehead atoms. The molecular formula is C26H30N2O4S2. The number of ether oxygens (including phenoxy) is 2. The van der Waals surface area contributed by atoms with Crippen LogP contribution in [0.4, 0.5) is 0 Å². The molecule has 0 saturated carbocycles. The van der Waals surface area contributed by atoms with E-state index in [1.165, 1.54) is 16.2 Å². The standard InChI is InChI=1S/C26H30N2O4S2/c1-4-18(2)28(26(30)24-9-6-13-33-24)16-25(29)27-12-10-23-21(11-14-34-23)22(27)17-32-20-8-5-7-19(15-20)31-3/h5-9,11,13-15,18,22H,4,10,12,16-17H2,1-3H3/t18-,22+/m1/s1. The molecule has 2 atom stereocenters. The summed E-state index contributed by atoms with van der Waals surface area (Å²) in [5.74, 6) is 1.28. The molecule has 2 amide bonds. The predicted molar refractivity (Wildman–Crippen MR) is 136 cm³/mol. The van der Waals surface area contributed by atoms with E-state index < -0.39 is 0 Å². The van der Waals surface area contributed by atoms with Gasteiger partial charge in [0.1, 0.15) is 24.7 Å². The van der Waals surface area contributed by atoms with Crippen LogP contribution >= 0.6 is 22.7 Å². The van der Waals surface area contributed by atoms with Crippen molar-refractivity contribution in [1.29, 1.82) is 0 Å². The van der Waals surface area contributed by atoms with Crippen LogP contribution in [0.15, 0.2) is 53.2 Å². The van der Waals surface area contributed by atoms with Crippen LogP contribution in [0.1, 0.15) is 46.4 Å². The molecule has 0 N–H and O–H groups in total. The molecule has 8 heteroatoms. The average Bonchev–Trinajstić information content (AvgIpc) is 3.57. The normalized spacial score (nSPS) is 16.0. The Bertz CT molecular complexity index is 1110. The van der Waals surface area contributed by atoms with Crippen molar-refractivity contribution in [2.24, 2.45) is 0 Å². The first kappa shape index (κ1) is 24.3. The van der Waals surface area contributed by atoms with Gasteiger partial charge in [-0.05, 0) is 60.4 Å². The molecule has 1 aliphatic rings. The lowest BCUT2D eigenvalue weighted by molar-refractivity contribution is -0.136. The molecule has 180 valence electrons. The van der Waals surface area contributed by atoms with Gasteiger partial charge in [-0.2, -0.15) is 0 Å². The van der Waals surface area contributed by atoms with Crippen LogP contribution in [0.5, 0.6) is 11.5 Å². The number of hydrogen-bond donors (Lipinski definition) is 0. The first-order valence-corrected chi connectivity index (χ1v) is 13.2. The highest BCUT2D eigenvalue weighted by molar-refractivity contribution is 7.12. The maximum Gasteiger partial charge on any atom is 0.264 e. The molecule has 3 heterocycles. The van der Waals surface area contributed by atoms with Gasteiger partial charge in [0, 0.05) is 23.5 Å². The maximum atomic E-state index is 13.6. The van der Waals surface area contributed by atoms with Crippen LogP contribution in [0.2, 0.25) is 0 Å². The third-order valence-corrected chi connectivity index (χ3v) is 8.14. The Labute approximate surface area is 208 Å². The Morgan fingerprint density at radius 2 is 1.97 bits per heavy atom. The highest BCUT2D eigenvalue weighted by Gasteiger charge is 2.34. The van der Waals surface area contributed by atoms with Crippen molar-refractivity contribution < 1.29 is 19.1 Å². The van der Waals surface area contributed by atoms with Crippen molar-refractivity contribution in [3.05, 3.63) is 68.5 Å². The molecule has 6 nitrogen and oxygen atoms in total. The lowest BCUT2D eigenvalue weighted by Crippen LogP contribution is -2.49. The Morgan fingerprint density at radius 3 is 2.71 bits per heavy atom. The van der Waals surface area contributed by atoms with Crippen LogP contribution in [0.3, 0.4) is 0 Å². The fourth-order valence-electron chi connectivity index (χ4n) is 4.17. The number of benzene rings is 1. The molecule has 0 radical (unpaired) electrons. The Balaban J connectivity index is 1.53.